The number of aryl methyl sites for hydroxylation is 2. The second-order valence-corrected chi connectivity index (χ2v) is 8.64. The first kappa shape index (κ1) is 18.9. The molecule has 3 aromatic carbocycles. The standard InChI is InChI=1S/C30H26N2/c1-2-11-24(12-3-1)31-28-15-6-4-13-25(28)23-10-8-9-21(19-23)22-17-18-30-27(20-22)26-14-5-7-16-29(26)32-30/h1-6,8-15,19-20,31-32H,7,16-18H2. The van der Waals surface area contributed by atoms with Crippen LogP contribution in [0.3, 0.4) is 0 Å². The first-order chi connectivity index (χ1) is 15.8. The number of para-hydroxylation sites is 2. The molecule has 6 rings (SSSR count). The molecule has 0 amide bonds. The summed E-state index contributed by atoms with van der Waals surface area (Å²) in [6.45, 7) is 0. The fourth-order valence-corrected chi connectivity index (χ4v) is 4.96. The topological polar surface area (TPSA) is 27.8 Å². The van der Waals surface area contributed by atoms with Crippen LogP contribution in [0, 0.1) is 0 Å². The van der Waals surface area contributed by atoms with Crippen LogP contribution in [0.15, 0.2) is 84.9 Å². The minimum atomic E-state index is 1.07. The van der Waals surface area contributed by atoms with E-state index in [1.54, 1.807) is 0 Å². The molecule has 0 aliphatic heterocycles. The van der Waals surface area contributed by atoms with Gasteiger partial charge in [-0.3, -0.25) is 0 Å². The van der Waals surface area contributed by atoms with Crippen molar-refractivity contribution in [3.8, 4) is 11.1 Å². The number of rotatable bonds is 4. The Balaban J connectivity index is 1.37. The minimum absolute atomic E-state index is 1.07. The van der Waals surface area contributed by atoms with Gasteiger partial charge in [0, 0.05) is 39.5 Å². The normalized spacial score (nSPS) is 14.4. The predicted molar refractivity (Wildman–Crippen MR) is 136 cm³/mol. The summed E-state index contributed by atoms with van der Waals surface area (Å²) in [6.07, 6.45) is 11.4. The number of nitrogens with one attached hydrogen (secondary N) is 2. The fourth-order valence-electron chi connectivity index (χ4n) is 4.96. The first-order valence-electron chi connectivity index (χ1n) is 11.5. The van der Waals surface area contributed by atoms with Crippen LogP contribution in [-0.2, 0) is 12.8 Å². The lowest BCUT2D eigenvalue weighted by Gasteiger charge is -2.17. The molecule has 2 aliphatic carbocycles. The number of benzene rings is 3. The van der Waals surface area contributed by atoms with E-state index in [1.165, 1.54) is 44.8 Å². The monoisotopic (exact) mass is 414 g/mol. The molecule has 2 N–H and O–H groups in total. The third-order valence-electron chi connectivity index (χ3n) is 6.57. The molecule has 0 bridgehead atoms. The molecule has 156 valence electrons. The van der Waals surface area contributed by atoms with E-state index in [1.807, 2.05) is 6.07 Å². The molecule has 2 aliphatic rings. The van der Waals surface area contributed by atoms with E-state index < -0.39 is 0 Å². The molecule has 0 fully saturated rings. The van der Waals surface area contributed by atoms with Gasteiger partial charge in [-0.15, -0.1) is 0 Å². The van der Waals surface area contributed by atoms with E-state index in [-0.39, 0.29) is 0 Å². The number of anilines is 2. The SMILES string of the molecule is C1=Cc2c([nH]c3c2C=C(c2cccc(-c4ccccc4Nc4ccccc4)c2)CC3)CC1. The maximum absolute atomic E-state index is 3.69. The van der Waals surface area contributed by atoms with Crippen molar-refractivity contribution in [1.82, 2.24) is 4.98 Å². The summed E-state index contributed by atoms with van der Waals surface area (Å²) >= 11 is 0. The van der Waals surface area contributed by atoms with Crippen molar-refractivity contribution in [2.75, 3.05) is 5.32 Å². The lowest BCUT2D eigenvalue weighted by Crippen LogP contribution is -1.99. The van der Waals surface area contributed by atoms with Gasteiger partial charge in [-0.05, 0) is 72.7 Å². The van der Waals surface area contributed by atoms with Crippen LogP contribution in [0.25, 0.3) is 28.9 Å². The Bertz CT molecular complexity index is 1340. The van der Waals surface area contributed by atoms with Gasteiger partial charge < -0.3 is 10.3 Å². The highest BCUT2D eigenvalue weighted by atomic mass is 14.9. The van der Waals surface area contributed by atoms with Gasteiger partial charge in [0.15, 0.2) is 0 Å². The Kier molecular flexibility index (Phi) is 4.77. The molecular formula is C30H26N2. The van der Waals surface area contributed by atoms with Gasteiger partial charge in [0.25, 0.3) is 0 Å². The highest BCUT2D eigenvalue weighted by Gasteiger charge is 2.20. The van der Waals surface area contributed by atoms with Crippen LogP contribution < -0.4 is 5.32 Å². The number of fused-ring (bicyclic) bond motifs is 3. The molecule has 4 aromatic rings. The number of H-pyrrole nitrogens is 1. The van der Waals surface area contributed by atoms with Crippen molar-refractivity contribution in [1.29, 1.82) is 0 Å². The molecule has 1 aromatic heterocycles. The zero-order valence-electron chi connectivity index (χ0n) is 18.1. The van der Waals surface area contributed by atoms with Crippen molar-refractivity contribution in [2.24, 2.45) is 0 Å². The number of hydrogen-bond donors (Lipinski definition) is 2. The molecule has 0 saturated heterocycles. The van der Waals surface area contributed by atoms with E-state index in [9.17, 15) is 0 Å². The summed E-state index contributed by atoms with van der Waals surface area (Å²) in [5, 5.41) is 3.59. The zero-order valence-corrected chi connectivity index (χ0v) is 18.1. The van der Waals surface area contributed by atoms with Crippen molar-refractivity contribution in [3.05, 3.63) is 113 Å². The summed E-state index contributed by atoms with van der Waals surface area (Å²) in [6, 6.07) is 27.9. The van der Waals surface area contributed by atoms with E-state index in [0.29, 0.717) is 0 Å². The van der Waals surface area contributed by atoms with Crippen molar-refractivity contribution >= 4 is 29.1 Å². The molecule has 2 heteroatoms. The number of allylic oxidation sites excluding steroid dienone is 2. The quantitative estimate of drug-likeness (QED) is 0.349. The van der Waals surface area contributed by atoms with Gasteiger partial charge in [-0.2, -0.15) is 0 Å². The second kappa shape index (κ2) is 8.05. The van der Waals surface area contributed by atoms with Crippen molar-refractivity contribution < 1.29 is 0 Å². The summed E-state index contributed by atoms with van der Waals surface area (Å²) in [7, 11) is 0. The maximum atomic E-state index is 3.69. The van der Waals surface area contributed by atoms with Crippen LogP contribution in [0.5, 0.6) is 0 Å². The molecular weight excluding hydrogens is 388 g/mol. The third-order valence-corrected chi connectivity index (χ3v) is 6.57. The summed E-state index contributed by atoms with van der Waals surface area (Å²) in [5.74, 6) is 0. The Labute approximate surface area is 189 Å². The Morgan fingerprint density at radius 1 is 0.688 bits per heavy atom. The number of aromatic nitrogens is 1. The maximum Gasteiger partial charge on any atom is 0.0463 e. The third kappa shape index (κ3) is 3.48. The van der Waals surface area contributed by atoms with Crippen molar-refractivity contribution in [3.63, 3.8) is 0 Å². The van der Waals surface area contributed by atoms with E-state index >= 15 is 0 Å². The zero-order chi connectivity index (χ0) is 21.3. The highest BCUT2D eigenvalue weighted by molar-refractivity contribution is 5.90. The fraction of sp³-hybridized carbons (Fsp3) is 0.133. The van der Waals surface area contributed by atoms with Crippen LogP contribution in [0.2, 0.25) is 0 Å². The van der Waals surface area contributed by atoms with E-state index in [4.69, 9.17) is 0 Å². The summed E-state index contributed by atoms with van der Waals surface area (Å²) in [4.78, 5) is 3.69. The van der Waals surface area contributed by atoms with Crippen LogP contribution in [0.4, 0.5) is 11.4 Å². The number of aromatic amines is 1. The first-order valence-corrected chi connectivity index (χ1v) is 11.5. The Morgan fingerprint density at radius 3 is 2.44 bits per heavy atom. The minimum Gasteiger partial charge on any atom is -0.361 e. The van der Waals surface area contributed by atoms with E-state index in [0.717, 1.165) is 37.1 Å². The molecule has 1 heterocycles. The molecule has 0 radical (unpaired) electrons. The second-order valence-electron chi connectivity index (χ2n) is 8.64. The summed E-state index contributed by atoms with van der Waals surface area (Å²) < 4.78 is 0. The van der Waals surface area contributed by atoms with Gasteiger partial charge in [0.05, 0.1) is 0 Å². The Morgan fingerprint density at radius 2 is 1.50 bits per heavy atom. The highest BCUT2D eigenvalue weighted by Crippen LogP contribution is 2.37. The van der Waals surface area contributed by atoms with Gasteiger partial charge in [0.1, 0.15) is 0 Å². The molecule has 2 nitrogen and oxygen atoms in total. The smallest absolute Gasteiger partial charge is 0.0463 e. The lowest BCUT2D eigenvalue weighted by atomic mass is 9.88. The lowest BCUT2D eigenvalue weighted by molar-refractivity contribution is 0.904. The molecule has 0 atom stereocenters. The van der Waals surface area contributed by atoms with E-state index in [2.05, 4.69) is 101 Å². The average Bonchev–Trinajstić information content (AvgIpc) is 3.23. The van der Waals surface area contributed by atoms with Crippen LogP contribution in [-0.4, -0.2) is 4.98 Å². The van der Waals surface area contributed by atoms with Gasteiger partial charge in [-0.25, -0.2) is 0 Å². The van der Waals surface area contributed by atoms with Gasteiger partial charge in [-0.1, -0.05) is 66.7 Å². The molecule has 0 saturated carbocycles. The van der Waals surface area contributed by atoms with Crippen molar-refractivity contribution in [2.45, 2.75) is 25.7 Å². The molecule has 32 heavy (non-hydrogen) atoms. The Hall–Kier alpha value is -3.78. The summed E-state index contributed by atoms with van der Waals surface area (Å²) in [5.41, 5.74) is 13.0. The van der Waals surface area contributed by atoms with Crippen LogP contribution in [0.1, 0.15) is 40.9 Å². The van der Waals surface area contributed by atoms with Gasteiger partial charge >= 0.3 is 0 Å². The average molecular weight is 415 g/mol. The largest absolute Gasteiger partial charge is 0.361 e. The van der Waals surface area contributed by atoms with Crippen LogP contribution >= 0.6 is 0 Å². The molecule has 0 spiro atoms. The van der Waals surface area contributed by atoms with Gasteiger partial charge in [0.2, 0.25) is 0 Å². The number of hydrogen-bond acceptors (Lipinski definition) is 1. The molecule has 0 unspecified atom stereocenters. The predicted octanol–water partition coefficient (Wildman–Crippen LogP) is 7.87.